The molecule has 1 saturated heterocycles. The van der Waals surface area contributed by atoms with Crippen LogP contribution in [-0.4, -0.2) is 272 Å². The Bertz CT molecular complexity index is 3540. The number of imidazole rings is 1. The normalized spacial score (nSPS) is 15.6. The largest absolute Gasteiger partial charge is 0.480 e. The van der Waals surface area contributed by atoms with Gasteiger partial charge >= 0.3 is 17.9 Å². The number of hydrogen-bond donors (Lipinski definition) is 16. The Balaban J connectivity index is 1.22. The third kappa shape index (κ3) is 30.5. The number of benzene rings is 2. The van der Waals surface area contributed by atoms with Gasteiger partial charge in [-0.3, -0.25) is 86.7 Å². The van der Waals surface area contributed by atoms with Gasteiger partial charge in [-0.1, -0.05) is 70.2 Å². The molecule has 570 valence electrons. The molecule has 0 spiro atoms. The fourth-order valence-electron chi connectivity index (χ4n) is 11.3. The standard InChI is InChI=1S/C68H100N18O17S/c1-40(2)27-51(66(101)79-49(62(70)97)17-26-104-6)80-67(102)53(30-46-33-71-39-75-46)78-56(89)34-74-68(103)61(41(3)4)82-63(98)42(5)76-65(100)52(29-45-32-72-48-10-8-7-9-47(45)48)81-64(99)50(15-16-54(69)87)77-55(88)28-43-11-13-44(14-12-43)31-73-57(90)35-83-18-20-84(36-58(91)92)22-24-86(38-60(95)96)25-23-85(21-19-83)37-59(93)94/h7-14,32-33,39-42,49-53,61,72H,15-31,34-38H2,1-6H3,(H2,69,87)(H2,70,97)(H,71,75)(H,73,90)(H,74,103)(H,76,100)(H,77,88)(H,78,89)(H,79,101)(H,80,102)(H,81,99)(H,82,98)(H,91,92)(H,93,94)(H,95,96)/t42-,49-,50?,51-,52-,53-,61-/m0/s1. The van der Waals surface area contributed by atoms with Crippen molar-refractivity contribution in [3.8, 4) is 0 Å². The van der Waals surface area contributed by atoms with Crippen molar-refractivity contribution >= 4 is 106 Å². The van der Waals surface area contributed by atoms with E-state index >= 15 is 0 Å². The molecule has 7 atom stereocenters. The van der Waals surface area contributed by atoms with E-state index in [0.29, 0.717) is 39.0 Å². The molecular weight excluding hydrogens is 1370 g/mol. The highest BCUT2D eigenvalue weighted by atomic mass is 32.2. The van der Waals surface area contributed by atoms with Gasteiger partial charge in [-0.2, -0.15) is 11.8 Å². The van der Waals surface area contributed by atoms with Gasteiger partial charge in [0.2, 0.25) is 65.0 Å². The number of carboxylic acid groups (broad SMARTS) is 3. The SMILES string of the molecule is CSCC[C@H](NC(=O)[C@H](CC(C)C)NC(=O)[C@H](Cc1c[nH]cn1)NC(=O)CNC(=O)[C@@H](NC(=O)[C@H](C)NC(=O)[C@H](Cc1c[nH]c2ccccc12)NC(=O)C(CCC(N)=O)NC(=O)Cc1ccc(CNC(=O)CN2CCN(CC(=O)O)CCN(CC(=O)O)CCN(CC(=O)O)CC2)cc1)C(C)C)C(N)=O. The zero-order valence-corrected chi connectivity index (χ0v) is 60.3. The van der Waals surface area contributed by atoms with Crippen LogP contribution in [0.3, 0.4) is 0 Å². The summed E-state index contributed by atoms with van der Waals surface area (Å²) >= 11 is 1.45. The minimum atomic E-state index is -1.43. The molecule has 5 rings (SSSR count). The van der Waals surface area contributed by atoms with Gasteiger partial charge < -0.3 is 84.6 Å². The van der Waals surface area contributed by atoms with Crippen LogP contribution < -0.4 is 59.3 Å². The van der Waals surface area contributed by atoms with E-state index in [2.05, 4.69) is 62.8 Å². The van der Waals surface area contributed by atoms with Gasteiger partial charge in [-0.05, 0) is 72.8 Å². The number of aliphatic carboxylic acids is 3. The Kier molecular flexibility index (Phi) is 35.1. The van der Waals surface area contributed by atoms with Gasteiger partial charge in [0.15, 0.2) is 0 Å². The van der Waals surface area contributed by atoms with E-state index in [-0.39, 0.29) is 142 Å². The molecule has 3 heterocycles. The second-order valence-corrected chi connectivity index (χ2v) is 27.3. The van der Waals surface area contributed by atoms with Crippen molar-refractivity contribution in [2.45, 2.75) is 128 Å². The Hall–Kier alpha value is -10.0. The Labute approximate surface area is 606 Å². The molecule has 2 aromatic carbocycles. The number of aromatic amines is 2. The molecule has 1 aliphatic heterocycles. The van der Waals surface area contributed by atoms with Crippen molar-refractivity contribution in [3.63, 3.8) is 0 Å². The third-order valence-corrected chi connectivity index (χ3v) is 17.6. The number of carboxylic acids is 3. The van der Waals surface area contributed by atoms with E-state index < -0.39 is 132 Å². The van der Waals surface area contributed by atoms with E-state index in [4.69, 9.17) is 11.5 Å². The van der Waals surface area contributed by atoms with Gasteiger partial charge in [0.05, 0.1) is 51.2 Å². The molecule has 1 aliphatic rings. The molecule has 0 saturated carbocycles. The van der Waals surface area contributed by atoms with Crippen LogP contribution in [0.4, 0.5) is 0 Å². The first kappa shape index (κ1) is 84.6. The number of hydrogen-bond acceptors (Lipinski definition) is 20. The first-order valence-corrected chi connectivity index (χ1v) is 35.6. The number of fused-ring (bicyclic) bond motifs is 1. The molecule has 35 nitrogen and oxygen atoms in total. The van der Waals surface area contributed by atoms with Gasteiger partial charge in [-0.25, -0.2) is 4.98 Å². The van der Waals surface area contributed by atoms with Crippen molar-refractivity contribution in [2.75, 3.05) is 97.1 Å². The minimum Gasteiger partial charge on any atom is -0.480 e. The summed E-state index contributed by atoms with van der Waals surface area (Å²) in [7, 11) is 0. The number of rotatable bonds is 41. The summed E-state index contributed by atoms with van der Waals surface area (Å²) in [5, 5.41) is 53.2. The van der Waals surface area contributed by atoms with Gasteiger partial charge in [0, 0.05) is 101 Å². The first-order chi connectivity index (χ1) is 49.4. The predicted octanol–water partition coefficient (Wildman–Crippen LogP) is -3.25. The van der Waals surface area contributed by atoms with Gasteiger partial charge in [-0.15, -0.1) is 0 Å². The summed E-state index contributed by atoms with van der Waals surface area (Å²) < 4.78 is 0. The molecule has 18 N–H and O–H groups in total. The van der Waals surface area contributed by atoms with Crippen LogP contribution in [0.2, 0.25) is 0 Å². The molecule has 1 unspecified atom stereocenters. The van der Waals surface area contributed by atoms with Crippen LogP contribution in [0.25, 0.3) is 10.9 Å². The third-order valence-electron chi connectivity index (χ3n) is 17.0. The number of aromatic nitrogens is 3. The number of para-hydroxylation sites is 1. The maximum atomic E-state index is 14.4. The molecule has 1 fully saturated rings. The predicted molar refractivity (Wildman–Crippen MR) is 382 cm³/mol. The molecule has 0 aliphatic carbocycles. The quantitative estimate of drug-likeness (QED) is 0.0207. The average molecular weight is 1470 g/mol. The van der Waals surface area contributed by atoms with E-state index in [1.165, 1.54) is 31.2 Å². The highest BCUT2D eigenvalue weighted by molar-refractivity contribution is 7.98. The number of thioether (sulfide) groups is 1. The smallest absolute Gasteiger partial charge is 0.317 e. The first-order valence-electron chi connectivity index (χ1n) is 34.2. The molecule has 0 bridgehead atoms. The van der Waals surface area contributed by atoms with Crippen molar-refractivity contribution < 1.29 is 82.4 Å². The summed E-state index contributed by atoms with van der Waals surface area (Å²) in [6.07, 6.45) is 5.58. The summed E-state index contributed by atoms with van der Waals surface area (Å²) in [5.74, 6) is -11.6. The summed E-state index contributed by atoms with van der Waals surface area (Å²) in [4.78, 5) is 201. The van der Waals surface area contributed by atoms with Crippen LogP contribution in [0.1, 0.15) is 82.7 Å². The lowest BCUT2D eigenvalue weighted by molar-refractivity contribution is -0.140. The van der Waals surface area contributed by atoms with Crippen LogP contribution in [0.5, 0.6) is 0 Å². The molecule has 0 radical (unpaired) electrons. The zero-order valence-electron chi connectivity index (χ0n) is 59.5. The van der Waals surface area contributed by atoms with Crippen molar-refractivity contribution in [3.05, 3.63) is 89.6 Å². The topological polar surface area (TPSA) is 517 Å². The summed E-state index contributed by atoms with van der Waals surface area (Å²) in [6.45, 7) is 8.32. The maximum absolute atomic E-state index is 14.4. The van der Waals surface area contributed by atoms with Crippen LogP contribution in [0, 0.1) is 11.8 Å². The van der Waals surface area contributed by atoms with Crippen LogP contribution >= 0.6 is 11.8 Å². The second-order valence-electron chi connectivity index (χ2n) is 26.3. The van der Waals surface area contributed by atoms with Gasteiger partial charge in [0.25, 0.3) is 0 Å². The minimum absolute atomic E-state index is 0.0634. The lowest BCUT2D eigenvalue weighted by Crippen LogP contribution is -2.59. The zero-order chi connectivity index (χ0) is 76.6. The molecule has 4 aromatic rings. The van der Waals surface area contributed by atoms with E-state index in [1.54, 1.807) is 88.2 Å². The lowest BCUT2D eigenvalue weighted by atomic mass is 10.0. The Morgan fingerprint density at radius 1 is 0.538 bits per heavy atom. The fraction of sp³-hybridized carbons (Fsp3) is 0.544. The monoisotopic (exact) mass is 1470 g/mol. The number of primary amides is 2. The highest BCUT2D eigenvalue weighted by Gasteiger charge is 2.34. The van der Waals surface area contributed by atoms with E-state index in [9.17, 15) is 82.4 Å². The van der Waals surface area contributed by atoms with Crippen LogP contribution in [0.15, 0.2) is 67.3 Å². The lowest BCUT2D eigenvalue weighted by Gasteiger charge is -2.32. The van der Waals surface area contributed by atoms with E-state index in [1.807, 2.05) is 20.1 Å². The van der Waals surface area contributed by atoms with Crippen molar-refractivity contribution in [1.82, 2.24) is 82.4 Å². The fourth-order valence-corrected chi connectivity index (χ4v) is 11.8. The molecular formula is C68H100N18O17S. The number of amides is 11. The number of carbonyl (C=O) groups excluding carboxylic acids is 11. The Morgan fingerprint density at radius 3 is 1.60 bits per heavy atom. The molecule has 36 heteroatoms. The molecule has 2 aromatic heterocycles. The molecule has 11 amide bonds. The van der Waals surface area contributed by atoms with Crippen molar-refractivity contribution in [2.24, 2.45) is 23.3 Å². The average Bonchev–Trinajstić information content (AvgIpc) is 1.69. The summed E-state index contributed by atoms with van der Waals surface area (Å²) in [6, 6.07) is 4.83. The van der Waals surface area contributed by atoms with Gasteiger partial charge in [0.1, 0.15) is 42.3 Å². The van der Waals surface area contributed by atoms with Crippen LogP contribution in [-0.2, 0) is 92.9 Å². The molecule has 104 heavy (non-hydrogen) atoms. The number of nitrogens with zero attached hydrogens (tertiary/aromatic N) is 5. The maximum Gasteiger partial charge on any atom is 0.317 e. The number of nitrogens with one attached hydrogen (secondary N) is 11. The highest BCUT2D eigenvalue weighted by Crippen LogP contribution is 2.20. The Morgan fingerprint density at radius 2 is 1.06 bits per heavy atom. The number of nitrogens with two attached hydrogens (primary N) is 2. The number of H-pyrrole nitrogens is 2. The number of carbonyl (C=O) groups is 14. The van der Waals surface area contributed by atoms with E-state index in [0.717, 1.165) is 0 Å². The second kappa shape index (κ2) is 43.2. The van der Waals surface area contributed by atoms with Crippen molar-refractivity contribution in [1.29, 1.82) is 0 Å². The summed E-state index contributed by atoms with van der Waals surface area (Å²) in [5.41, 5.74) is 13.9.